The van der Waals surface area contributed by atoms with Crippen molar-refractivity contribution >= 4 is 0 Å². The Kier molecular flexibility index (Phi) is 460. The summed E-state index contributed by atoms with van der Waals surface area (Å²) in [6, 6.07) is 0. The molecule has 1 atom stereocenters. The second-order valence-electron chi connectivity index (χ2n) is 2.05. The van der Waals surface area contributed by atoms with E-state index in [4.69, 9.17) is 5.11 Å². The summed E-state index contributed by atoms with van der Waals surface area (Å²) in [7, 11) is 0. The van der Waals surface area contributed by atoms with E-state index in [0.29, 0.717) is 0 Å². The van der Waals surface area contributed by atoms with Crippen molar-refractivity contribution < 1.29 is 5.11 Å². The second-order valence-corrected chi connectivity index (χ2v) is 2.05. The molecule has 0 aliphatic rings. The molecule has 0 saturated heterocycles. The van der Waals surface area contributed by atoms with Crippen LogP contribution in [-0.2, 0) is 0 Å². The van der Waals surface area contributed by atoms with Gasteiger partial charge in [-0.25, -0.2) is 0 Å². The van der Waals surface area contributed by atoms with E-state index in [1.807, 2.05) is 88.3 Å². The van der Waals surface area contributed by atoms with Crippen molar-refractivity contribution in [2.24, 2.45) is 0 Å². The standard InChI is InChI=1S/C4H8O.C4H8.C3H6.4C2H6.C2H4/c1-3-4(2)5;1-3-4-2;1-3-2;5*1-2/h3-5H,1H2,2H3;3-4H,1-2H3;3H,1H2,2H3;4*1-2H3;1-2H2/b;4-3-;;;;;;. The van der Waals surface area contributed by atoms with Crippen LogP contribution in [0.25, 0.3) is 0 Å². The zero-order chi connectivity index (χ0) is 20.4. The van der Waals surface area contributed by atoms with E-state index in [2.05, 4.69) is 26.3 Å². The zero-order valence-electron chi connectivity index (χ0n) is 18.2. The smallest absolute Gasteiger partial charge is 0.0690 e. The van der Waals surface area contributed by atoms with Crippen molar-refractivity contribution in [1.82, 2.24) is 0 Å². The molecule has 0 bridgehead atoms. The Labute approximate surface area is 145 Å². The van der Waals surface area contributed by atoms with Crippen LogP contribution in [0, 0.1) is 0 Å². The lowest BCUT2D eigenvalue weighted by atomic mass is 10.4. The van der Waals surface area contributed by atoms with Crippen molar-refractivity contribution in [3.05, 3.63) is 50.6 Å². The first-order valence-electron chi connectivity index (χ1n) is 8.55. The zero-order valence-corrected chi connectivity index (χ0v) is 18.2. The highest BCUT2D eigenvalue weighted by Gasteiger charge is 1.75. The van der Waals surface area contributed by atoms with E-state index < -0.39 is 0 Å². The van der Waals surface area contributed by atoms with Gasteiger partial charge in [-0.3, -0.25) is 0 Å². The molecule has 0 aliphatic heterocycles. The van der Waals surface area contributed by atoms with Gasteiger partial charge in [-0.1, -0.05) is 79.7 Å². The lowest BCUT2D eigenvalue weighted by Crippen LogP contribution is -1.88. The first-order chi connectivity index (χ1) is 10.6. The van der Waals surface area contributed by atoms with Crippen LogP contribution in [0.2, 0.25) is 0 Å². The maximum atomic E-state index is 8.24. The molecule has 0 spiro atoms. The Morgan fingerprint density at radius 3 is 0.773 bits per heavy atom. The molecule has 140 valence electrons. The molecular weight excluding hydrogens is 268 g/mol. The molecule has 1 nitrogen and oxygen atoms in total. The summed E-state index contributed by atoms with van der Waals surface area (Å²) in [6.07, 6.45) is 6.87. The minimum absolute atomic E-state index is 0.352. The van der Waals surface area contributed by atoms with Crippen LogP contribution in [0.5, 0.6) is 0 Å². The highest BCUT2D eigenvalue weighted by Crippen LogP contribution is 1.73. The van der Waals surface area contributed by atoms with Gasteiger partial charge in [-0.15, -0.1) is 26.3 Å². The molecule has 0 aromatic rings. The summed E-state index contributed by atoms with van der Waals surface area (Å²) in [5.74, 6) is 0. The minimum Gasteiger partial charge on any atom is -0.389 e. The number of aliphatic hydroxyl groups is 1. The van der Waals surface area contributed by atoms with Gasteiger partial charge in [-0.05, 0) is 27.7 Å². The van der Waals surface area contributed by atoms with Crippen molar-refractivity contribution in [3.8, 4) is 0 Å². The lowest BCUT2D eigenvalue weighted by Gasteiger charge is -1.84. The molecule has 0 aromatic carbocycles. The predicted molar refractivity (Wildman–Crippen MR) is 115 cm³/mol. The summed E-state index contributed by atoms with van der Waals surface area (Å²) in [5, 5.41) is 8.24. The van der Waals surface area contributed by atoms with Crippen molar-refractivity contribution in [2.45, 2.75) is 89.2 Å². The third-order valence-electron chi connectivity index (χ3n) is 0.674. The highest BCUT2D eigenvalue weighted by atomic mass is 16.3. The SMILES string of the molecule is C/C=C\C.C=C.C=CC.C=CC(C)O.CC.CC.CC.CC. The van der Waals surface area contributed by atoms with Crippen LogP contribution < -0.4 is 0 Å². The third kappa shape index (κ3) is 1650. The quantitative estimate of drug-likeness (QED) is 0.482. The maximum Gasteiger partial charge on any atom is 0.0690 e. The molecule has 1 unspecified atom stereocenters. The number of rotatable bonds is 1. The van der Waals surface area contributed by atoms with E-state index in [1.165, 1.54) is 6.08 Å². The van der Waals surface area contributed by atoms with Crippen LogP contribution in [0.1, 0.15) is 83.1 Å². The fourth-order valence-electron chi connectivity index (χ4n) is 0. The molecule has 0 heterocycles. The second kappa shape index (κ2) is 203. The fraction of sp³-hybridized carbons (Fsp3) is 0.619. The van der Waals surface area contributed by atoms with Gasteiger partial charge >= 0.3 is 0 Å². The Morgan fingerprint density at radius 2 is 0.773 bits per heavy atom. The van der Waals surface area contributed by atoms with Crippen LogP contribution in [0.4, 0.5) is 0 Å². The Bertz CT molecular complexity index is 109. The Balaban J connectivity index is -0.0000000177. The number of allylic oxidation sites excluding steroid dienone is 3. The first-order valence-corrected chi connectivity index (χ1v) is 8.55. The summed E-state index contributed by atoms with van der Waals surface area (Å²) in [4.78, 5) is 0. The van der Waals surface area contributed by atoms with Gasteiger partial charge < -0.3 is 5.11 Å². The Morgan fingerprint density at radius 1 is 0.682 bits per heavy atom. The van der Waals surface area contributed by atoms with Gasteiger partial charge in [-0.2, -0.15) is 0 Å². The molecular formula is C21H50O. The topological polar surface area (TPSA) is 20.2 Å². The van der Waals surface area contributed by atoms with E-state index >= 15 is 0 Å². The van der Waals surface area contributed by atoms with Crippen molar-refractivity contribution in [3.63, 3.8) is 0 Å². The van der Waals surface area contributed by atoms with Crippen LogP contribution in [0.15, 0.2) is 50.6 Å². The lowest BCUT2D eigenvalue weighted by molar-refractivity contribution is 0.244. The Hall–Kier alpha value is -1.08. The molecule has 1 heteroatoms. The van der Waals surface area contributed by atoms with Gasteiger partial charge in [0.2, 0.25) is 0 Å². The molecule has 0 aliphatic carbocycles. The molecule has 0 radical (unpaired) electrons. The molecule has 0 aromatic heterocycles. The average Bonchev–Trinajstić information content (AvgIpc) is 2.64. The number of aliphatic hydroxyl groups excluding tert-OH is 1. The van der Waals surface area contributed by atoms with E-state index in [0.717, 1.165) is 0 Å². The molecule has 0 fully saturated rings. The summed E-state index contributed by atoms with van der Waals surface area (Å²) in [5.41, 5.74) is 0. The normalized spacial score (nSPS) is 6.77. The number of hydrogen-bond donors (Lipinski definition) is 1. The summed E-state index contributed by atoms with van der Waals surface area (Å²) >= 11 is 0. The third-order valence-corrected chi connectivity index (χ3v) is 0.674. The van der Waals surface area contributed by atoms with Gasteiger partial charge in [0.15, 0.2) is 0 Å². The first kappa shape index (κ1) is 49.7. The maximum absolute atomic E-state index is 8.24. The van der Waals surface area contributed by atoms with Crippen molar-refractivity contribution in [2.75, 3.05) is 0 Å². The van der Waals surface area contributed by atoms with Crippen LogP contribution in [-0.4, -0.2) is 11.2 Å². The summed E-state index contributed by atoms with van der Waals surface area (Å²) in [6.45, 7) is 36.2. The monoisotopic (exact) mass is 318 g/mol. The van der Waals surface area contributed by atoms with Crippen LogP contribution >= 0.6 is 0 Å². The van der Waals surface area contributed by atoms with E-state index in [9.17, 15) is 0 Å². The highest BCUT2D eigenvalue weighted by molar-refractivity contribution is 4.72. The minimum atomic E-state index is -0.352. The van der Waals surface area contributed by atoms with E-state index in [1.54, 1.807) is 13.0 Å². The predicted octanol–water partition coefficient (Wildman–Crippen LogP) is 8.23. The fourth-order valence-corrected chi connectivity index (χ4v) is 0. The van der Waals surface area contributed by atoms with Gasteiger partial charge in [0, 0.05) is 0 Å². The molecule has 0 amide bonds. The van der Waals surface area contributed by atoms with Crippen molar-refractivity contribution in [1.29, 1.82) is 0 Å². The molecule has 22 heavy (non-hydrogen) atoms. The van der Waals surface area contributed by atoms with Gasteiger partial charge in [0.05, 0.1) is 6.10 Å². The molecule has 0 saturated carbocycles. The van der Waals surface area contributed by atoms with Gasteiger partial charge in [0.25, 0.3) is 0 Å². The number of hydrogen-bond acceptors (Lipinski definition) is 1. The summed E-state index contributed by atoms with van der Waals surface area (Å²) < 4.78 is 0. The van der Waals surface area contributed by atoms with Crippen LogP contribution in [0.3, 0.4) is 0 Å². The largest absolute Gasteiger partial charge is 0.389 e. The molecule has 0 rings (SSSR count). The average molecular weight is 319 g/mol. The van der Waals surface area contributed by atoms with E-state index in [-0.39, 0.29) is 6.10 Å². The van der Waals surface area contributed by atoms with Gasteiger partial charge in [0.1, 0.15) is 0 Å². The molecule has 1 N–H and O–H groups in total.